The molecule has 1 amide bonds. The molecule has 1 aromatic heterocycles. The zero-order valence-corrected chi connectivity index (χ0v) is 12.6. The highest BCUT2D eigenvalue weighted by Gasteiger charge is 2.20. The summed E-state index contributed by atoms with van der Waals surface area (Å²) in [4.78, 5) is 26.7. The number of hydrogen-bond donors (Lipinski definition) is 2. The minimum absolute atomic E-state index is 0.110. The van der Waals surface area contributed by atoms with E-state index in [1.54, 1.807) is 37.4 Å². The number of nitrogens with two attached hydrogens (primary N) is 1. The third kappa shape index (κ3) is 2.94. The number of primary amides is 1. The Labute approximate surface area is 133 Å². The highest BCUT2D eigenvalue weighted by molar-refractivity contribution is 6.09. The van der Waals surface area contributed by atoms with E-state index in [1.165, 1.54) is 0 Å². The maximum absolute atomic E-state index is 12.6. The minimum Gasteiger partial charge on any atom is -0.483 e. The summed E-state index contributed by atoms with van der Waals surface area (Å²) in [6.07, 6.45) is 1.05. The van der Waals surface area contributed by atoms with Crippen molar-refractivity contribution in [2.24, 2.45) is 5.73 Å². The maximum atomic E-state index is 12.6. The molecule has 0 saturated heterocycles. The number of aromatic nitrogens is 1. The molecule has 3 N–H and O–H groups in total. The van der Waals surface area contributed by atoms with Crippen molar-refractivity contribution in [2.45, 2.75) is 13.0 Å². The first-order chi connectivity index (χ1) is 11.1. The molecule has 0 radical (unpaired) electrons. The van der Waals surface area contributed by atoms with Crippen molar-refractivity contribution in [1.29, 1.82) is 0 Å². The zero-order chi connectivity index (χ0) is 16.4. The molecule has 5 nitrogen and oxygen atoms in total. The first-order valence-corrected chi connectivity index (χ1v) is 7.23. The van der Waals surface area contributed by atoms with Crippen LogP contribution in [-0.2, 0) is 0 Å². The van der Waals surface area contributed by atoms with Gasteiger partial charge in [0.2, 0.25) is 11.7 Å². The molecular weight excluding hydrogens is 292 g/mol. The van der Waals surface area contributed by atoms with E-state index in [1.807, 2.05) is 24.3 Å². The van der Waals surface area contributed by atoms with Gasteiger partial charge in [-0.1, -0.05) is 18.2 Å². The molecule has 0 fully saturated rings. The molecule has 0 unspecified atom stereocenters. The van der Waals surface area contributed by atoms with Gasteiger partial charge in [-0.25, -0.2) is 0 Å². The number of para-hydroxylation sites is 1. The van der Waals surface area contributed by atoms with Crippen molar-refractivity contribution in [3.8, 4) is 5.75 Å². The van der Waals surface area contributed by atoms with E-state index in [0.717, 1.165) is 10.9 Å². The fourth-order valence-electron chi connectivity index (χ4n) is 2.45. The molecule has 3 aromatic rings. The van der Waals surface area contributed by atoms with Gasteiger partial charge in [0.05, 0.1) is 0 Å². The smallest absolute Gasteiger partial charge is 0.248 e. The number of rotatable bonds is 5. The summed E-state index contributed by atoms with van der Waals surface area (Å²) in [5, 5.41) is 0.872. The van der Waals surface area contributed by atoms with Crippen LogP contribution < -0.4 is 10.5 Å². The number of amides is 1. The van der Waals surface area contributed by atoms with Crippen molar-refractivity contribution < 1.29 is 14.3 Å². The van der Waals surface area contributed by atoms with Gasteiger partial charge in [-0.2, -0.15) is 0 Å². The highest BCUT2D eigenvalue weighted by atomic mass is 16.5. The second-order valence-corrected chi connectivity index (χ2v) is 5.26. The normalized spacial score (nSPS) is 12.0. The van der Waals surface area contributed by atoms with Gasteiger partial charge in [-0.3, -0.25) is 9.59 Å². The first-order valence-electron chi connectivity index (χ1n) is 7.23. The lowest BCUT2D eigenvalue weighted by atomic mass is 10.1. The Morgan fingerprint density at radius 2 is 1.78 bits per heavy atom. The molecule has 116 valence electrons. The quantitative estimate of drug-likeness (QED) is 0.711. The number of carbonyl (C=O) groups is 2. The van der Waals surface area contributed by atoms with Gasteiger partial charge in [0, 0.05) is 28.2 Å². The molecule has 0 spiro atoms. The third-order valence-corrected chi connectivity index (χ3v) is 3.68. The van der Waals surface area contributed by atoms with Gasteiger partial charge in [0.25, 0.3) is 0 Å². The summed E-state index contributed by atoms with van der Waals surface area (Å²) in [6, 6.07) is 14.0. The predicted molar refractivity (Wildman–Crippen MR) is 87.7 cm³/mol. The highest BCUT2D eigenvalue weighted by Crippen LogP contribution is 2.21. The number of ketones is 1. The Balaban J connectivity index is 1.78. The van der Waals surface area contributed by atoms with Crippen LogP contribution in [0.5, 0.6) is 5.75 Å². The Bertz CT molecular complexity index is 865. The standard InChI is InChI=1S/C18H16N2O3/c1-11(23-13-8-6-12(7-9-13)18(19)22)17(21)15-10-20-16-5-3-2-4-14(15)16/h2-11,20H,1H3,(H2,19,22)/t11-/m0/s1. The van der Waals surface area contributed by atoms with Crippen LogP contribution in [0.3, 0.4) is 0 Å². The number of hydrogen-bond acceptors (Lipinski definition) is 3. The number of ether oxygens (including phenoxy) is 1. The third-order valence-electron chi connectivity index (χ3n) is 3.68. The molecule has 5 heteroatoms. The van der Waals surface area contributed by atoms with Crippen molar-refractivity contribution >= 4 is 22.6 Å². The number of carbonyl (C=O) groups excluding carboxylic acids is 2. The summed E-state index contributed by atoms with van der Waals surface area (Å²) in [7, 11) is 0. The second-order valence-electron chi connectivity index (χ2n) is 5.26. The molecule has 23 heavy (non-hydrogen) atoms. The number of nitrogens with one attached hydrogen (secondary N) is 1. The van der Waals surface area contributed by atoms with Gasteiger partial charge in [-0.05, 0) is 37.3 Å². The number of H-pyrrole nitrogens is 1. The van der Waals surface area contributed by atoms with Crippen molar-refractivity contribution in [2.75, 3.05) is 0 Å². The molecule has 1 heterocycles. The van der Waals surface area contributed by atoms with Gasteiger partial charge in [0.15, 0.2) is 6.10 Å². The largest absolute Gasteiger partial charge is 0.483 e. The molecule has 0 saturated carbocycles. The predicted octanol–water partition coefficient (Wildman–Crippen LogP) is 2.92. The maximum Gasteiger partial charge on any atom is 0.248 e. The SMILES string of the molecule is C[C@H](Oc1ccc(C(N)=O)cc1)C(=O)c1c[nH]c2ccccc12. The summed E-state index contributed by atoms with van der Waals surface area (Å²) >= 11 is 0. The molecule has 0 aliphatic rings. The van der Waals surface area contributed by atoms with Gasteiger partial charge >= 0.3 is 0 Å². The monoisotopic (exact) mass is 308 g/mol. The van der Waals surface area contributed by atoms with Crippen LogP contribution in [0.1, 0.15) is 27.6 Å². The molecule has 0 aliphatic heterocycles. The van der Waals surface area contributed by atoms with E-state index in [0.29, 0.717) is 16.9 Å². The van der Waals surface area contributed by atoms with E-state index in [4.69, 9.17) is 10.5 Å². The Kier molecular flexibility index (Phi) is 3.85. The van der Waals surface area contributed by atoms with Crippen molar-refractivity contribution in [3.63, 3.8) is 0 Å². The lowest BCUT2D eigenvalue weighted by Crippen LogP contribution is -2.23. The van der Waals surface area contributed by atoms with E-state index in [2.05, 4.69) is 4.98 Å². The Hall–Kier alpha value is -3.08. The second kappa shape index (κ2) is 5.96. The molecule has 0 aliphatic carbocycles. The lowest BCUT2D eigenvalue weighted by molar-refractivity contribution is 0.0819. The van der Waals surface area contributed by atoms with Crippen LogP contribution in [0.25, 0.3) is 10.9 Å². The molecule has 2 aromatic carbocycles. The van der Waals surface area contributed by atoms with Crippen LogP contribution in [0.15, 0.2) is 54.7 Å². The van der Waals surface area contributed by atoms with E-state index >= 15 is 0 Å². The van der Waals surface area contributed by atoms with Crippen LogP contribution in [-0.4, -0.2) is 22.8 Å². The van der Waals surface area contributed by atoms with Gasteiger partial charge in [-0.15, -0.1) is 0 Å². The topological polar surface area (TPSA) is 85.2 Å². The van der Waals surface area contributed by atoms with E-state index in [-0.39, 0.29) is 5.78 Å². The number of Topliss-reactive ketones (excluding diaryl/α,β-unsaturated/α-hetero) is 1. The van der Waals surface area contributed by atoms with Gasteiger partial charge in [0.1, 0.15) is 5.75 Å². The Morgan fingerprint density at radius 1 is 1.09 bits per heavy atom. The first kappa shape index (κ1) is 14.8. The summed E-state index contributed by atoms with van der Waals surface area (Å²) < 4.78 is 5.67. The summed E-state index contributed by atoms with van der Waals surface area (Å²) in [5.74, 6) is -0.100. The minimum atomic E-state index is -0.645. The van der Waals surface area contributed by atoms with E-state index < -0.39 is 12.0 Å². The molecule has 1 atom stereocenters. The zero-order valence-electron chi connectivity index (χ0n) is 12.6. The average Bonchev–Trinajstić information content (AvgIpc) is 2.98. The summed E-state index contributed by atoms with van der Waals surface area (Å²) in [5.41, 5.74) is 7.10. The van der Waals surface area contributed by atoms with Crippen molar-refractivity contribution in [3.05, 3.63) is 65.9 Å². The van der Waals surface area contributed by atoms with Crippen LogP contribution in [0.4, 0.5) is 0 Å². The fraction of sp³-hybridized carbons (Fsp3) is 0.111. The number of aromatic amines is 1. The molecular formula is C18H16N2O3. The molecule has 3 rings (SSSR count). The van der Waals surface area contributed by atoms with Crippen LogP contribution in [0, 0.1) is 0 Å². The average molecular weight is 308 g/mol. The fourth-order valence-corrected chi connectivity index (χ4v) is 2.45. The summed E-state index contributed by atoms with van der Waals surface area (Å²) in [6.45, 7) is 1.70. The van der Waals surface area contributed by atoms with Crippen LogP contribution in [0.2, 0.25) is 0 Å². The van der Waals surface area contributed by atoms with Crippen molar-refractivity contribution in [1.82, 2.24) is 4.98 Å². The van der Waals surface area contributed by atoms with Crippen LogP contribution >= 0.6 is 0 Å². The van der Waals surface area contributed by atoms with Gasteiger partial charge < -0.3 is 15.5 Å². The lowest BCUT2D eigenvalue weighted by Gasteiger charge is -2.13. The Morgan fingerprint density at radius 3 is 2.48 bits per heavy atom. The molecule has 0 bridgehead atoms. The van der Waals surface area contributed by atoms with E-state index in [9.17, 15) is 9.59 Å². The number of benzene rings is 2. The number of fused-ring (bicyclic) bond motifs is 1.